The van der Waals surface area contributed by atoms with Gasteiger partial charge in [0.25, 0.3) is 5.95 Å². The normalized spacial score (nSPS) is 18.9. The van der Waals surface area contributed by atoms with Crippen LogP contribution in [0.3, 0.4) is 0 Å². The van der Waals surface area contributed by atoms with Crippen molar-refractivity contribution in [1.82, 2.24) is 10.1 Å². The smallest absolute Gasteiger partial charge is 0.266 e. The summed E-state index contributed by atoms with van der Waals surface area (Å²) in [4.78, 5) is 6.54. The minimum absolute atomic E-state index is 0.208. The Morgan fingerprint density at radius 1 is 1.30 bits per heavy atom. The summed E-state index contributed by atoms with van der Waals surface area (Å²) >= 11 is 0. The zero-order valence-corrected chi connectivity index (χ0v) is 11.5. The number of hydrogen-bond acceptors (Lipinski definition) is 5. The Hall–Kier alpha value is -2.04. The molecule has 0 bridgehead atoms. The predicted molar refractivity (Wildman–Crippen MR) is 74.1 cm³/mol. The van der Waals surface area contributed by atoms with Gasteiger partial charge in [-0.1, -0.05) is 12.1 Å². The van der Waals surface area contributed by atoms with Gasteiger partial charge in [-0.25, -0.2) is 0 Å². The number of benzene rings is 1. The van der Waals surface area contributed by atoms with E-state index in [1.807, 2.05) is 12.1 Å². The molecular weight excluding hydrogens is 254 g/mol. The van der Waals surface area contributed by atoms with Crippen LogP contribution in [0.15, 0.2) is 28.8 Å². The summed E-state index contributed by atoms with van der Waals surface area (Å²) in [5.74, 6) is 2.94. The number of ether oxygens (including phenoxy) is 1. The number of hydrogen-bond donors (Lipinski definition) is 0. The van der Waals surface area contributed by atoms with Crippen molar-refractivity contribution in [2.45, 2.75) is 31.8 Å². The quantitative estimate of drug-likeness (QED) is 0.855. The van der Waals surface area contributed by atoms with Crippen molar-refractivity contribution in [3.05, 3.63) is 35.7 Å². The third-order valence-corrected chi connectivity index (χ3v) is 3.78. The van der Waals surface area contributed by atoms with Crippen molar-refractivity contribution in [1.29, 1.82) is 0 Å². The summed E-state index contributed by atoms with van der Waals surface area (Å²) < 4.78 is 11.2. The van der Waals surface area contributed by atoms with E-state index in [2.05, 4.69) is 34.1 Å². The first kappa shape index (κ1) is 11.8. The molecule has 1 saturated heterocycles. The zero-order chi connectivity index (χ0) is 13.5. The monoisotopic (exact) mass is 271 g/mol. The molecule has 4 rings (SSSR count). The van der Waals surface area contributed by atoms with Gasteiger partial charge in [0.1, 0.15) is 11.9 Å². The number of anilines is 1. The lowest BCUT2D eigenvalue weighted by molar-refractivity contribution is 0.165. The molecule has 2 aromatic rings. The second-order valence-electron chi connectivity index (χ2n) is 5.67. The number of aromatic nitrogens is 2. The van der Waals surface area contributed by atoms with Crippen LogP contribution in [0.2, 0.25) is 0 Å². The molecular formula is C15H17N3O2. The van der Waals surface area contributed by atoms with Gasteiger partial charge in [0.05, 0.1) is 13.1 Å². The second kappa shape index (κ2) is 4.51. The lowest BCUT2D eigenvalue weighted by Crippen LogP contribution is -2.54. The van der Waals surface area contributed by atoms with Crippen LogP contribution in [-0.4, -0.2) is 29.3 Å². The molecule has 0 N–H and O–H groups in total. The largest absolute Gasteiger partial charge is 0.487 e. The van der Waals surface area contributed by atoms with Crippen LogP contribution in [0.5, 0.6) is 5.75 Å². The third kappa shape index (κ3) is 2.24. The minimum atomic E-state index is 0.208. The lowest BCUT2D eigenvalue weighted by atomic mass is 10.2. The summed E-state index contributed by atoms with van der Waals surface area (Å²) in [5, 5.41) is 4.04. The Kier molecular flexibility index (Phi) is 2.65. The highest BCUT2D eigenvalue weighted by Crippen LogP contribution is 2.39. The molecule has 104 valence electrons. The fourth-order valence-corrected chi connectivity index (χ4v) is 2.41. The van der Waals surface area contributed by atoms with E-state index in [0.717, 1.165) is 24.7 Å². The van der Waals surface area contributed by atoms with Crippen molar-refractivity contribution < 1.29 is 9.26 Å². The maximum atomic E-state index is 5.92. The summed E-state index contributed by atoms with van der Waals surface area (Å²) in [5.41, 5.74) is 1.21. The van der Waals surface area contributed by atoms with E-state index < -0.39 is 0 Å². The van der Waals surface area contributed by atoms with E-state index in [-0.39, 0.29) is 6.10 Å². The molecule has 1 aromatic heterocycles. The molecule has 2 heterocycles. The number of nitrogens with zero attached hydrogens (tertiary/aromatic N) is 3. The average molecular weight is 271 g/mol. The van der Waals surface area contributed by atoms with Crippen molar-refractivity contribution in [2.24, 2.45) is 0 Å². The second-order valence-corrected chi connectivity index (χ2v) is 5.67. The molecule has 5 heteroatoms. The first-order chi connectivity index (χ1) is 9.78. The van der Waals surface area contributed by atoms with Crippen LogP contribution in [0.1, 0.15) is 30.2 Å². The molecule has 5 nitrogen and oxygen atoms in total. The number of rotatable bonds is 4. The molecule has 0 amide bonds. The molecule has 2 aliphatic rings. The average Bonchev–Trinajstić information content (AvgIpc) is 3.13. The molecule has 1 aromatic carbocycles. The fraction of sp³-hybridized carbons (Fsp3) is 0.467. The molecule has 2 fully saturated rings. The summed E-state index contributed by atoms with van der Waals surface area (Å²) in [6, 6.07) is 8.14. The van der Waals surface area contributed by atoms with Crippen LogP contribution in [0.25, 0.3) is 0 Å². The highest BCUT2D eigenvalue weighted by atomic mass is 16.5. The van der Waals surface area contributed by atoms with E-state index in [4.69, 9.17) is 9.26 Å². The first-order valence-electron chi connectivity index (χ1n) is 7.10. The minimum Gasteiger partial charge on any atom is -0.487 e. The summed E-state index contributed by atoms with van der Waals surface area (Å²) in [7, 11) is 0. The first-order valence-corrected chi connectivity index (χ1v) is 7.10. The van der Waals surface area contributed by atoms with Crippen LogP contribution in [-0.2, 0) is 0 Å². The molecule has 0 unspecified atom stereocenters. The maximum Gasteiger partial charge on any atom is 0.266 e. The maximum absolute atomic E-state index is 5.92. The molecule has 20 heavy (non-hydrogen) atoms. The Labute approximate surface area is 117 Å². The van der Waals surface area contributed by atoms with Gasteiger partial charge in [0.15, 0.2) is 0 Å². The Morgan fingerprint density at radius 3 is 2.90 bits per heavy atom. The van der Waals surface area contributed by atoms with Gasteiger partial charge in [0.2, 0.25) is 5.89 Å². The van der Waals surface area contributed by atoms with Gasteiger partial charge in [0, 0.05) is 5.92 Å². The van der Waals surface area contributed by atoms with Gasteiger partial charge in [-0.3, -0.25) is 0 Å². The highest BCUT2D eigenvalue weighted by molar-refractivity contribution is 5.35. The standard InChI is InChI=1S/C15H17N3O2/c1-10-3-2-4-12(7-10)19-13-8-18(9-13)15-16-14(20-17-15)11-5-6-11/h2-4,7,11,13H,5-6,8-9H2,1H3. The number of aryl methyl sites for hydroxylation is 1. The van der Waals surface area contributed by atoms with Crippen LogP contribution < -0.4 is 9.64 Å². The topological polar surface area (TPSA) is 51.4 Å². The van der Waals surface area contributed by atoms with E-state index in [1.165, 1.54) is 18.4 Å². The van der Waals surface area contributed by atoms with Crippen molar-refractivity contribution in [2.75, 3.05) is 18.0 Å². The molecule has 1 saturated carbocycles. The fourth-order valence-electron chi connectivity index (χ4n) is 2.41. The highest BCUT2D eigenvalue weighted by Gasteiger charge is 2.34. The van der Waals surface area contributed by atoms with Gasteiger partial charge >= 0.3 is 0 Å². The van der Waals surface area contributed by atoms with Gasteiger partial charge in [-0.2, -0.15) is 4.98 Å². The lowest BCUT2D eigenvalue weighted by Gasteiger charge is -2.37. The van der Waals surface area contributed by atoms with Crippen LogP contribution in [0, 0.1) is 6.92 Å². The molecule has 0 atom stereocenters. The molecule has 0 radical (unpaired) electrons. The van der Waals surface area contributed by atoms with Crippen molar-refractivity contribution in [3.8, 4) is 5.75 Å². The SMILES string of the molecule is Cc1cccc(OC2CN(c3noc(C4CC4)n3)C2)c1. The van der Waals surface area contributed by atoms with Crippen molar-refractivity contribution in [3.63, 3.8) is 0 Å². The third-order valence-electron chi connectivity index (χ3n) is 3.78. The van der Waals surface area contributed by atoms with E-state index in [0.29, 0.717) is 11.9 Å². The van der Waals surface area contributed by atoms with E-state index >= 15 is 0 Å². The zero-order valence-electron chi connectivity index (χ0n) is 11.5. The summed E-state index contributed by atoms with van der Waals surface area (Å²) in [6.45, 7) is 3.70. The predicted octanol–water partition coefficient (Wildman–Crippen LogP) is 2.52. The Balaban J connectivity index is 1.34. The Morgan fingerprint density at radius 2 is 2.15 bits per heavy atom. The van der Waals surface area contributed by atoms with Gasteiger partial charge < -0.3 is 14.2 Å². The van der Waals surface area contributed by atoms with E-state index in [9.17, 15) is 0 Å². The van der Waals surface area contributed by atoms with Crippen LogP contribution in [0.4, 0.5) is 5.95 Å². The Bertz CT molecular complexity index is 615. The van der Waals surface area contributed by atoms with Gasteiger partial charge in [-0.15, -0.1) is 0 Å². The van der Waals surface area contributed by atoms with Crippen molar-refractivity contribution >= 4 is 5.95 Å². The molecule has 1 aliphatic heterocycles. The van der Waals surface area contributed by atoms with Gasteiger partial charge in [-0.05, 0) is 42.6 Å². The molecule has 0 spiro atoms. The van der Waals surface area contributed by atoms with E-state index in [1.54, 1.807) is 0 Å². The summed E-state index contributed by atoms with van der Waals surface area (Å²) in [6.07, 6.45) is 2.57. The van der Waals surface area contributed by atoms with Crippen LogP contribution >= 0.6 is 0 Å². The molecule has 1 aliphatic carbocycles.